The maximum atomic E-state index is 11.8. The fraction of sp³-hybridized carbons (Fsp3) is 0.333. The van der Waals surface area contributed by atoms with Crippen molar-refractivity contribution in [2.24, 2.45) is 4.99 Å². The van der Waals surface area contributed by atoms with E-state index in [-0.39, 0.29) is 6.42 Å². The normalized spacial score (nSPS) is 18.5. The maximum Gasteiger partial charge on any atom is 0.417 e. The Bertz CT molecular complexity index is 239. The molecule has 1 aliphatic rings. The summed E-state index contributed by atoms with van der Waals surface area (Å²) in [5.41, 5.74) is -0.850. The zero-order valence-corrected chi connectivity index (χ0v) is 5.35. The van der Waals surface area contributed by atoms with Crippen molar-refractivity contribution in [3.8, 4) is 0 Å². The molecule has 0 atom stereocenters. The number of amides is 1. The molecule has 11 heavy (non-hydrogen) atoms. The summed E-state index contributed by atoms with van der Waals surface area (Å²) in [5, 5.41) is 0. The lowest BCUT2D eigenvalue weighted by Crippen LogP contribution is -2.16. The summed E-state index contributed by atoms with van der Waals surface area (Å²) in [6, 6.07) is 0. The second-order valence-corrected chi connectivity index (χ2v) is 2.01. The van der Waals surface area contributed by atoms with Gasteiger partial charge in [-0.3, -0.25) is 4.79 Å². The van der Waals surface area contributed by atoms with Gasteiger partial charge >= 0.3 is 6.18 Å². The predicted octanol–water partition coefficient (Wildman–Crippen LogP) is 1.48. The van der Waals surface area contributed by atoms with Gasteiger partial charge in [-0.1, -0.05) is 6.08 Å². The van der Waals surface area contributed by atoms with Crippen LogP contribution in [0, 0.1) is 0 Å². The van der Waals surface area contributed by atoms with Crippen molar-refractivity contribution < 1.29 is 18.0 Å². The first-order chi connectivity index (χ1) is 5.00. The highest BCUT2D eigenvalue weighted by Crippen LogP contribution is 2.25. The number of dihydropyridines is 1. The van der Waals surface area contributed by atoms with Crippen LogP contribution in [0.3, 0.4) is 0 Å². The Morgan fingerprint density at radius 3 is 2.45 bits per heavy atom. The second kappa shape index (κ2) is 2.48. The van der Waals surface area contributed by atoms with Gasteiger partial charge < -0.3 is 0 Å². The molecule has 0 saturated carbocycles. The van der Waals surface area contributed by atoms with E-state index in [9.17, 15) is 18.0 Å². The Labute approximate surface area is 60.4 Å². The van der Waals surface area contributed by atoms with E-state index >= 15 is 0 Å². The molecule has 2 nitrogen and oxygen atoms in total. The first-order valence-corrected chi connectivity index (χ1v) is 2.84. The SMILES string of the molecule is O=C1CC=C(C(F)(F)F)C=N1. The first-order valence-electron chi connectivity index (χ1n) is 2.84. The van der Waals surface area contributed by atoms with E-state index in [0.717, 1.165) is 6.08 Å². The van der Waals surface area contributed by atoms with Gasteiger partial charge in [0.2, 0.25) is 5.91 Å². The number of hydrogen-bond acceptors (Lipinski definition) is 1. The molecule has 1 rings (SSSR count). The molecule has 0 radical (unpaired) electrons. The number of aliphatic imine (C=N–C) groups is 1. The molecule has 0 aliphatic carbocycles. The minimum atomic E-state index is -4.38. The van der Waals surface area contributed by atoms with E-state index < -0.39 is 17.7 Å². The van der Waals surface area contributed by atoms with Crippen molar-refractivity contribution in [3.63, 3.8) is 0 Å². The summed E-state index contributed by atoms with van der Waals surface area (Å²) >= 11 is 0. The monoisotopic (exact) mass is 163 g/mol. The zero-order chi connectivity index (χ0) is 8.48. The summed E-state index contributed by atoms with van der Waals surface area (Å²) < 4.78 is 35.4. The van der Waals surface area contributed by atoms with Gasteiger partial charge in [-0.15, -0.1) is 0 Å². The largest absolute Gasteiger partial charge is 0.417 e. The molecular weight excluding hydrogens is 159 g/mol. The number of carbonyl (C=O) groups excluding carboxylic acids is 1. The van der Waals surface area contributed by atoms with Gasteiger partial charge in [-0.2, -0.15) is 13.2 Å². The van der Waals surface area contributed by atoms with Gasteiger partial charge in [-0.05, 0) is 0 Å². The Morgan fingerprint density at radius 1 is 1.45 bits per heavy atom. The molecule has 0 unspecified atom stereocenters. The molecule has 0 spiro atoms. The maximum absolute atomic E-state index is 11.8. The molecule has 60 valence electrons. The van der Waals surface area contributed by atoms with Crippen LogP contribution in [0.25, 0.3) is 0 Å². The van der Waals surface area contributed by atoms with E-state index in [4.69, 9.17) is 0 Å². The molecule has 0 bridgehead atoms. The number of rotatable bonds is 0. The smallest absolute Gasteiger partial charge is 0.272 e. The number of nitrogens with zero attached hydrogens (tertiary/aromatic N) is 1. The Morgan fingerprint density at radius 2 is 2.09 bits per heavy atom. The van der Waals surface area contributed by atoms with Crippen LogP contribution in [0.2, 0.25) is 0 Å². The third kappa shape index (κ3) is 1.89. The third-order valence-corrected chi connectivity index (χ3v) is 1.17. The summed E-state index contributed by atoms with van der Waals surface area (Å²) in [6.07, 6.45) is -3.27. The van der Waals surface area contributed by atoms with Crippen LogP contribution in [0.4, 0.5) is 13.2 Å². The molecule has 1 heterocycles. The molecule has 5 heteroatoms. The fourth-order valence-corrected chi connectivity index (χ4v) is 0.633. The van der Waals surface area contributed by atoms with Crippen LogP contribution in [-0.4, -0.2) is 18.3 Å². The Hall–Kier alpha value is -1.13. The number of hydrogen-bond donors (Lipinski definition) is 0. The number of alkyl halides is 3. The average molecular weight is 163 g/mol. The van der Waals surface area contributed by atoms with Crippen molar-refractivity contribution in [2.75, 3.05) is 0 Å². The Kier molecular flexibility index (Phi) is 1.80. The summed E-state index contributed by atoms with van der Waals surface area (Å²) in [7, 11) is 0. The van der Waals surface area contributed by atoms with Crippen molar-refractivity contribution in [1.82, 2.24) is 0 Å². The summed E-state index contributed by atoms with van der Waals surface area (Å²) in [5.74, 6) is -0.544. The summed E-state index contributed by atoms with van der Waals surface area (Å²) in [4.78, 5) is 13.4. The van der Waals surface area contributed by atoms with Crippen molar-refractivity contribution >= 4 is 12.1 Å². The zero-order valence-electron chi connectivity index (χ0n) is 5.35. The highest BCUT2D eigenvalue weighted by molar-refractivity contribution is 5.96. The second-order valence-electron chi connectivity index (χ2n) is 2.01. The average Bonchev–Trinajstić information content (AvgIpc) is 1.86. The topological polar surface area (TPSA) is 29.4 Å². The van der Waals surface area contributed by atoms with Crippen LogP contribution in [-0.2, 0) is 4.79 Å². The van der Waals surface area contributed by atoms with Crippen molar-refractivity contribution in [1.29, 1.82) is 0 Å². The molecular formula is C6H4F3NO. The van der Waals surface area contributed by atoms with Crippen LogP contribution in [0.15, 0.2) is 16.6 Å². The van der Waals surface area contributed by atoms with E-state index in [1.165, 1.54) is 0 Å². The van der Waals surface area contributed by atoms with Gasteiger partial charge in [0.15, 0.2) is 0 Å². The molecule has 0 saturated heterocycles. The molecule has 0 aromatic carbocycles. The number of halogens is 3. The van der Waals surface area contributed by atoms with Gasteiger partial charge in [0.1, 0.15) is 0 Å². The highest BCUT2D eigenvalue weighted by Gasteiger charge is 2.33. The van der Waals surface area contributed by atoms with Crippen molar-refractivity contribution in [3.05, 3.63) is 11.6 Å². The van der Waals surface area contributed by atoms with Crippen LogP contribution < -0.4 is 0 Å². The van der Waals surface area contributed by atoms with Crippen LogP contribution >= 0.6 is 0 Å². The number of allylic oxidation sites excluding steroid dienone is 1. The fourth-order valence-electron chi connectivity index (χ4n) is 0.633. The van der Waals surface area contributed by atoms with Crippen LogP contribution in [0.5, 0.6) is 0 Å². The van der Waals surface area contributed by atoms with Crippen LogP contribution in [0.1, 0.15) is 6.42 Å². The van der Waals surface area contributed by atoms with Gasteiger partial charge in [0.25, 0.3) is 0 Å². The quantitative estimate of drug-likeness (QED) is 0.531. The number of carbonyl (C=O) groups is 1. The van der Waals surface area contributed by atoms with Gasteiger partial charge in [0.05, 0.1) is 5.57 Å². The lowest BCUT2D eigenvalue weighted by Gasteiger charge is -2.08. The summed E-state index contributed by atoms with van der Waals surface area (Å²) in [6.45, 7) is 0. The molecule has 0 N–H and O–H groups in total. The molecule has 0 fully saturated rings. The third-order valence-electron chi connectivity index (χ3n) is 1.17. The van der Waals surface area contributed by atoms with Gasteiger partial charge in [-0.25, -0.2) is 4.99 Å². The molecule has 0 aromatic heterocycles. The van der Waals surface area contributed by atoms with Gasteiger partial charge in [0, 0.05) is 12.6 Å². The standard InChI is InChI=1S/C6H4F3NO/c7-6(8,9)4-1-2-5(11)10-3-4/h1,3H,2H2. The minimum Gasteiger partial charge on any atom is -0.272 e. The first kappa shape index (κ1) is 7.97. The lowest BCUT2D eigenvalue weighted by molar-refractivity contribution is -0.117. The van der Waals surface area contributed by atoms with E-state index in [2.05, 4.69) is 4.99 Å². The van der Waals surface area contributed by atoms with Crippen molar-refractivity contribution in [2.45, 2.75) is 12.6 Å². The minimum absolute atomic E-state index is 0.259. The lowest BCUT2D eigenvalue weighted by atomic mass is 10.2. The predicted molar refractivity (Wildman–Crippen MR) is 32.3 cm³/mol. The Balaban J connectivity index is 2.79. The molecule has 1 aliphatic heterocycles. The van der Waals surface area contributed by atoms with E-state index in [0.29, 0.717) is 6.21 Å². The molecule has 1 amide bonds. The highest BCUT2D eigenvalue weighted by atomic mass is 19.4. The van der Waals surface area contributed by atoms with E-state index in [1.54, 1.807) is 0 Å². The van der Waals surface area contributed by atoms with E-state index in [1.807, 2.05) is 0 Å². The molecule has 0 aromatic rings.